The Balaban J connectivity index is 1.53. The summed E-state index contributed by atoms with van der Waals surface area (Å²) in [5.41, 5.74) is 2.54. The molecule has 0 aliphatic carbocycles. The van der Waals surface area contributed by atoms with Gasteiger partial charge >= 0.3 is 0 Å². The molecule has 0 bridgehead atoms. The molecule has 0 saturated heterocycles. The lowest BCUT2D eigenvalue weighted by Crippen LogP contribution is -2.11. The summed E-state index contributed by atoms with van der Waals surface area (Å²) in [4.78, 5) is 19.3. The average molecular weight is 350 g/mol. The number of rotatable bonds is 4. The summed E-state index contributed by atoms with van der Waals surface area (Å²) >= 11 is 1.34. The van der Waals surface area contributed by atoms with Crippen molar-refractivity contribution in [3.05, 3.63) is 70.3 Å². The predicted molar refractivity (Wildman–Crippen MR) is 96.4 cm³/mol. The highest BCUT2D eigenvalue weighted by Gasteiger charge is 2.11. The second-order valence-electron chi connectivity index (χ2n) is 5.56. The molecular weight excluding hydrogens is 336 g/mol. The number of benzene rings is 2. The Hall–Kier alpha value is -2.93. The highest BCUT2D eigenvalue weighted by molar-refractivity contribution is 7.98. The molecule has 4 aromatic rings. The van der Waals surface area contributed by atoms with Gasteiger partial charge in [0.25, 0.3) is 10.8 Å². The van der Waals surface area contributed by atoms with Gasteiger partial charge in [-0.2, -0.15) is 0 Å². The number of hydrogen-bond donors (Lipinski definition) is 1. The van der Waals surface area contributed by atoms with Crippen molar-refractivity contribution < 1.29 is 4.42 Å². The third-order valence-corrected chi connectivity index (χ3v) is 4.50. The Kier molecular flexibility index (Phi) is 4.07. The van der Waals surface area contributed by atoms with Crippen LogP contribution in [0.4, 0.5) is 0 Å². The van der Waals surface area contributed by atoms with Crippen molar-refractivity contribution in [2.45, 2.75) is 17.9 Å². The van der Waals surface area contributed by atoms with E-state index < -0.39 is 0 Å². The number of nitrogens with zero attached hydrogens (tertiary/aromatic N) is 3. The van der Waals surface area contributed by atoms with Crippen LogP contribution in [0.2, 0.25) is 0 Å². The van der Waals surface area contributed by atoms with Crippen molar-refractivity contribution in [2.75, 3.05) is 0 Å². The van der Waals surface area contributed by atoms with Gasteiger partial charge in [0.1, 0.15) is 5.82 Å². The van der Waals surface area contributed by atoms with Gasteiger partial charge in [-0.3, -0.25) is 4.79 Å². The van der Waals surface area contributed by atoms with Crippen LogP contribution in [-0.2, 0) is 5.75 Å². The van der Waals surface area contributed by atoms with E-state index in [2.05, 4.69) is 20.2 Å². The van der Waals surface area contributed by atoms with E-state index in [0.29, 0.717) is 33.6 Å². The molecule has 0 saturated carbocycles. The number of H-pyrrole nitrogens is 1. The van der Waals surface area contributed by atoms with Crippen LogP contribution in [0.5, 0.6) is 0 Å². The Morgan fingerprint density at radius 3 is 2.88 bits per heavy atom. The molecule has 0 aliphatic rings. The Morgan fingerprint density at radius 2 is 2.00 bits per heavy atom. The van der Waals surface area contributed by atoms with Crippen molar-refractivity contribution in [3.8, 4) is 11.5 Å². The predicted octanol–water partition coefficient (Wildman–Crippen LogP) is 3.57. The Morgan fingerprint density at radius 1 is 1.12 bits per heavy atom. The minimum atomic E-state index is -0.146. The Labute approximate surface area is 147 Å². The van der Waals surface area contributed by atoms with Gasteiger partial charge in [-0.15, -0.1) is 10.2 Å². The summed E-state index contributed by atoms with van der Waals surface area (Å²) in [6.45, 7) is 2.01. The first-order chi connectivity index (χ1) is 12.2. The van der Waals surface area contributed by atoms with E-state index >= 15 is 0 Å². The molecule has 25 heavy (non-hydrogen) atoms. The van der Waals surface area contributed by atoms with Gasteiger partial charge < -0.3 is 9.40 Å². The van der Waals surface area contributed by atoms with Gasteiger partial charge in [0.2, 0.25) is 5.89 Å². The summed E-state index contributed by atoms with van der Waals surface area (Å²) in [7, 11) is 0. The largest absolute Gasteiger partial charge is 0.411 e. The SMILES string of the molecule is Cc1cccc(-c2nnc(SCc3nc4ccccc4c(=O)[nH]3)o2)c1. The molecule has 2 aromatic carbocycles. The molecule has 0 amide bonds. The summed E-state index contributed by atoms with van der Waals surface area (Å²) in [5.74, 6) is 1.49. The molecule has 4 rings (SSSR count). The summed E-state index contributed by atoms with van der Waals surface area (Å²) in [6.07, 6.45) is 0. The van der Waals surface area contributed by atoms with Crippen molar-refractivity contribution in [2.24, 2.45) is 0 Å². The van der Waals surface area contributed by atoms with E-state index in [1.165, 1.54) is 11.8 Å². The van der Waals surface area contributed by atoms with Gasteiger partial charge in [0.05, 0.1) is 16.7 Å². The van der Waals surface area contributed by atoms with E-state index in [4.69, 9.17) is 4.42 Å². The van der Waals surface area contributed by atoms with Gasteiger partial charge in [-0.25, -0.2) is 4.98 Å². The maximum absolute atomic E-state index is 12.1. The van der Waals surface area contributed by atoms with Gasteiger partial charge in [0, 0.05) is 5.56 Å². The fourth-order valence-corrected chi connectivity index (χ4v) is 3.13. The number of nitrogens with one attached hydrogen (secondary N) is 1. The van der Waals surface area contributed by atoms with Crippen LogP contribution in [0.1, 0.15) is 11.4 Å². The summed E-state index contributed by atoms with van der Waals surface area (Å²) < 4.78 is 5.69. The van der Waals surface area contributed by atoms with E-state index in [1.54, 1.807) is 6.07 Å². The molecule has 2 heterocycles. The topological polar surface area (TPSA) is 84.7 Å². The minimum Gasteiger partial charge on any atom is -0.411 e. The third-order valence-electron chi connectivity index (χ3n) is 3.67. The average Bonchev–Trinajstić information content (AvgIpc) is 3.09. The van der Waals surface area contributed by atoms with E-state index in [-0.39, 0.29) is 5.56 Å². The fraction of sp³-hybridized carbons (Fsp3) is 0.111. The smallest absolute Gasteiger partial charge is 0.277 e. The third kappa shape index (κ3) is 3.32. The molecule has 1 N–H and O–H groups in total. The maximum atomic E-state index is 12.1. The highest BCUT2D eigenvalue weighted by Crippen LogP contribution is 2.25. The molecule has 0 unspecified atom stereocenters. The quantitative estimate of drug-likeness (QED) is 0.566. The molecule has 0 fully saturated rings. The lowest BCUT2D eigenvalue weighted by Gasteiger charge is -2.01. The Bertz CT molecular complexity index is 1100. The number of fused-ring (bicyclic) bond motifs is 1. The molecule has 7 heteroatoms. The van der Waals surface area contributed by atoms with Gasteiger partial charge in [-0.1, -0.05) is 41.6 Å². The standard InChI is InChI=1S/C18H14N4O2S/c1-11-5-4-6-12(9-11)17-21-22-18(24-17)25-10-15-19-14-8-3-2-7-13(14)16(23)20-15/h2-9H,10H2,1H3,(H,19,20,23). The number of para-hydroxylation sites is 1. The van der Waals surface area contributed by atoms with Crippen LogP contribution in [0, 0.1) is 6.92 Å². The highest BCUT2D eigenvalue weighted by atomic mass is 32.2. The van der Waals surface area contributed by atoms with Crippen molar-refractivity contribution in [1.82, 2.24) is 20.2 Å². The minimum absolute atomic E-state index is 0.146. The second kappa shape index (κ2) is 6.52. The monoisotopic (exact) mass is 350 g/mol. The molecule has 6 nitrogen and oxygen atoms in total. The number of hydrogen-bond acceptors (Lipinski definition) is 6. The molecule has 0 atom stereocenters. The van der Waals surface area contributed by atoms with Crippen LogP contribution < -0.4 is 5.56 Å². The summed E-state index contributed by atoms with van der Waals surface area (Å²) in [5, 5.41) is 9.14. The number of aryl methyl sites for hydroxylation is 1. The number of aromatic amines is 1. The number of thioether (sulfide) groups is 1. The zero-order valence-corrected chi connectivity index (χ0v) is 14.2. The summed E-state index contributed by atoms with van der Waals surface area (Å²) in [6, 6.07) is 15.1. The molecule has 2 aromatic heterocycles. The molecule has 124 valence electrons. The molecule has 0 aliphatic heterocycles. The molecule has 0 spiro atoms. The van der Waals surface area contributed by atoms with E-state index in [0.717, 1.165) is 11.1 Å². The molecular formula is C18H14N4O2S. The van der Waals surface area contributed by atoms with Crippen LogP contribution in [0.25, 0.3) is 22.4 Å². The first-order valence-electron chi connectivity index (χ1n) is 7.70. The van der Waals surface area contributed by atoms with Gasteiger partial charge in [0.15, 0.2) is 0 Å². The van der Waals surface area contributed by atoms with Crippen molar-refractivity contribution in [3.63, 3.8) is 0 Å². The second-order valence-corrected chi connectivity index (χ2v) is 6.49. The lowest BCUT2D eigenvalue weighted by atomic mass is 10.1. The number of aromatic nitrogens is 4. The lowest BCUT2D eigenvalue weighted by molar-refractivity contribution is 0.465. The van der Waals surface area contributed by atoms with Crippen LogP contribution in [0.15, 0.2) is 63.0 Å². The first-order valence-corrected chi connectivity index (χ1v) is 8.69. The zero-order valence-electron chi connectivity index (χ0n) is 13.4. The fourth-order valence-electron chi connectivity index (χ4n) is 2.50. The van der Waals surface area contributed by atoms with Gasteiger partial charge in [-0.05, 0) is 31.2 Å². The van der Waals surface area contributed by atoms with Crippen LogP contribution >= 0.6 is 11.8 Å². The maximum Gasteiger partial charge on any atom is 0.277 e. The van der Waals surface area contributed by atoms with Crippen molar-refractivity contribution >= 4 is 22.7 Å². The molecule has 0 radical (unpaired) electrons. The van der Waals surface area contributed by atoms with Crippen LogP contribution in [0.3, 0.4) is 0 Å². The van der Waals surface area contributed by atoms with Crippen molar-refractivity contribution in [1.29, 1.82) is 0 Å². The normalized spacial score (nSPS) is 11.1. The first kappa shape index (κ1) is 15.6. The van der Waals surface area contributed by atoms with E-state index in [9.17, 15) is 4.79 Å². The van der Waals surface area contributed by atoms with E-state index in [1.807, 2.05) is 49.4 Å². The zero-order chi connectivity index (χ0) is 17.2. The van der Waals surface area contributed by atoms with Crippen LogP contribution in [-0.4, -0.2) is 20.2 Å².